The van der Waals surface area contributed by atoms with E-state index < -0.39 is 0 Å². The zero-order chi connectivity index (χ0) is 20.1. The normalized spacial score (nSPS) is 13.9. The summed E-state index contributed by atoms with van der Waals surface area (Å²) < 4.78 is 5.47. The fourth-order valence-electron chi connectivity index (χ4n) is 2.89. The Labute approximate surface area is 168 Å². The Morgan fingerprint density at radius 1 is 1.36 bits per heavy atom. The fourth-order valence-corrected chi connectivity index (χ4v) is 3.81. The number of anilines is 1. The molecule has 2 aromatic rings. The molecule has 2 aromatic carbocycles. The molecule has 0 aliphatic carbocycles. The van der Waals surface area contributed by atoms with Gasteiger partial charge in [0.05, 0.1) is 22.6 Å². The smallest absolute Gasteiger partial charge is 0.265 e. The molecule has 0 radical (unpaired) electrons. The van der Waals surface area contributed by atoms with Crippen molar-refractivity contribution in [3.05, 3.63) is 71.8 Å². The van der Waals surface area contributed by atoms with E-state index in [1.807, 2.05) is 19.1 Å². The summed E-state index contributed by atoms with van der Waals surface area (Å²) in [4.78, 5) is 26.6. The van der Waals surface area contributed by atoms with Crippen molar-refractivity contribution in [2.45, 2.75) is 17.9 Å². The van der Waals surface area contributed by atoms with E-state index in [1.165, 1.54) is 11.8 Å². The molecule has 142 valence electrons. The highest BCUT2D eigenvalue weighted by atomic mass is 32.2. The third kappa shape index (κ3) is 4.26. The van der Waals surface area contributed by atoms with Gasteiger partial charge in [-0.3, -0.25) is 9.59 Å². The Morgan fingerprint density at radius 2 is 2.11 bits per heavy atom. The van der Waals surface area contributed by atoms with Crippen LogP contribution in [0.4, 0.5) is 5.69 Å². The summed E-state index contributed by atoms with van der Waals surface area (Å²) in [5.41, 5.74) is 2.83. The molecule has 5 nitrogen and oxygen atoms in total. The van der Waals surface area contributed by atoms with Crippen LogP contribution >= 0.6 is 11.8 Å². The summed E-state index contributed by atoms with van der Waals surface area (Å²) in [5.74, 6) is 1.11. The van der Waals surface area contributed by atoms with Crippen LogP contribution in [0.1, 0.15) is 28.4 Å². The highest BCUT2D eigenvalue weighted by molar-refractivity contribution is 7.99. The molecule has 0 bridgehead atoms. The molecule has 0 saturated heterocycles. The van der Waals surface area contributed by atoms with Crippen molar-refractivity contribution in [1.82, 2.24) is 0 Å². The molecule has 1 atom stereocenters. The van der Waals surface area contributed by atoms with Gasteiger partial charge in [0, 0.05) is 17.9 Å². The van der Waals surface area contributed by atoms with Gasteiger partial charge in [0.2, 0.25) is 0 Å². The zero-order valence-electron chi connectivity index (χ0n) is 15.6. The second-order valence-corrected chi connectivity index (χ2v) is 7.72. The maximum atomic E-state index is 12.9. The molecule has 1 heterocycles. The van der Waals surface area contributed by atoms with E-state index in [1.54, 1.807) is 41.3 Å². The lowest BCUT2D eigenvalue weighted by Gasteiger charge is -2.29. The Kier molecular flexibility index (Phi) is 6.17. The van der Waals surface area contributed by atoms with Gasteiger partial charge >= 0.3 is 0 Å². The van der Waals surface area contributed by atoms with Gasteiger partial charge in [-0.1, -0.05) is 18.2 Å². The fraction of sp³-hybridized carbons (Fsp3) is 0.227. The monoisotopic (exact) mass is 392 g/mol. The van der Waals surface area contributed by atoms with Crippen LogP contribution in [-0.4, -0.2) is 30.1 Å². The number of nitriles is 1. The molecular weight excluding hydrogens is 372 g/mol. The van der Waals surface area contributed by atoms with Crippen LogP contribution in [0.25, 0.3) is 0 Å². The summed E-state index contributed by atoms with van der Waals surface area (Å²) >= 11 is 1.53. The minimum Gasteiger partial charge on any atom is -0.482 e. The molecule has 0 spiro atoms. The van der Waals surface area contributed by atoms with E-state index in [-0.39, 0.29) is 23.5 Å². The number of amides is 1. The molecule has 1 aliphatic rings. The highest BCUT2D eigenvalue weighted by Gasteiger charge is 2.26. The second-order valence-electron chi connectivity index (χ2n) is 6.39. The molecular formula is C22H20N2O3S. The van der Waals surface area contributed by atoms with E-state index in [9.17, 15) is 9.59 Å². The number of benzene rings is 2. The first-order chi connectivity index (χ1) is 13.5. The number of hydrogen-bond acceptors (Lipinski definition) is 5. The van der Waals surface area contributed by atoms with Crippen molar-refractivity contribution in [3.8, 4) is 11.8 Å². The number of ketones is 1. The van der Waals surface area contributed by atoms with E-state index in [2.05, 4.69) is 12.6 Å². The van der Waals surface area contributed by atoms with Crippen molar-refractivity contribution < 1.29 is 14.3 Å². The Hall–Kier alpha value is -3.04. The number of fused-ring (bicyclic) bond motifs is 1. The lowest BCUT2D eigenvalue weighted by Crippen LogP contribution is -2.39. The molecule has 0 saturated carbocycles. The quantitative estimate of drug-likeness (QED) is 0.527. The second kappa shape index (κ2) is 8.77. The molecule has 1 unspecified atom stereocenters. The van der Waals surface area contributed by atoms with Crippen molar-refractivity contribution in [1.29, 1.82) is 5.26 Å². The number of rotatable bonds is 7. The number of Topliss-reactive ketones (excluding diaryl/α,β-unsaturated/α-hetero) is 1. The number of nitrogens with zero attached hydrogens (tertiary/aromatic N) is 2. The van der Waals surface area contributed by atoms with Crippen LogP contribution < -0.4 is 9.64 Å². The number of carbonyl (C=O) groups is 2. The summed E-state index contributed by atoms with van der Waals surface area (Å²) in [5, 5.41) is 8.61. The Balaban J connectivity index is 1.72. The van der Waals surface area contributed by atoms with Crippen LogP contribution in [0.2, 0.25) is 0 Å². The van der Waals surface area contributed by atoms with Gasteiger partial charge in [0.15, 0.2) is 12.4 Å². The summed E-state index contributed by atoms with van der Waals surface area (Å²) in [6.45, 7) is 5.93. The van der Waals surface area contributed by atoms with E-state index in [0.29, 0.717) is 34.9 Å². The van der Waals surface area contributed by atoms with Crippen molar-refractivity contribution in [2.24, 2.45) is 0 Å². The summed E-state index contributed by atoms with van der Waals surface area (Å²) in [6, 6.07) is 14.6. The maximum Gasteiger partial charge on any atom is 0.265 e. The molecule has 1 amide bonds. The van der Waals surface area contributed by atoms with Gasteiger partial charge in [-0.05, 0) is 42.8 Å². The van der Waals surface area contributed by atoms with Gasteiger partial charge in [-0.2, -0.15) is 5.26 Å². The molecule has 0 fully saturated rings. The van der Waals surface area contributed by atoms with Gasteiger partial charge in [0.1, 0.15) is 5.75 Å². The predicted molar refractivity (Wildman–Crippen MR) is 111 cm³/mol. The molecule has 28 heavy (non-hydrogen) atoms. The first-order valence-electron chi connectivity index (χ1n) is 8.86. The Bertz CT molecular complexity index is 947. The maximum absolute atomic E-state index is 12.9. The van der Waals surface area contributed by atoms with Crippen molar-refractivity contribution in [3.63, 3.8) is 0 Å². The van der Waals surface area contributed by atoms with Gasteiger partial charge in [-0.15, -0.1) is 18.3 Å². The SMILES string of the molecule is C=CCN1C(=O)COc2ccc(C(=O)C(C)SCc3ccc(C#N)cc3)cc21. The largest absolute Gasteiger partial charge is 0.482 e. The highest BCUT2D eigenvalue weighted by Crippen LogP contribution is 2.34. The van der Waals surface area contributed by atoms with Crippen LogP contribution in [0.3, 0.4) is 0 Å². The topological polar surface area (TPSA) is 70.4 Å². The number of thioether (sulfide) groups is 1. The van der Waals surface area contributed by atoms with Crippen LogP contribution in [0.15, 0.2) is 55.1 Å². The minimum absolute atomic E-state index is 0.00183. The van der Waals surface area contributed by atoms with Crippen molar-refractivity contribution in [2.75, 3.05) is 18.1 Å². The van der Waals surface area contributed by atoms with E-state index in [0.717, 1.165) is 5.56 Å². The van der Waals surface area contributed by atoms with Gasteiger partial charge in [-0.25, -0.2) is 0 Å². The zero-order valence-corrected chi connectivity index (χ0v) is 16.4. The van der Waals surface area contributed by atoms with Gasteiger partial charge in [0.25, 0.3) is 5.91 Å². The molecule has 0 N–H and O–H groups in total. The lowest BCUT2D eigenvalue weighted by atomic mass is 10.1. The third-order valence-corrected chi connectivity index (χ3v) is 5.66. The van der Waals surface area contributed by atoms with E-state index in [4.69, 9.17) is 10.00 Å². The van der Waals surface area contributed by atoms with E-state index >= 15 is 0 Å². The summed E-state index contributed by atoms with van der Waals surface area (Å²) in [7, 11) is 0. The number of ether oxygens (including phenoxy) is 1. The first-order valence-corrected chi connectivity index (χ1v) is 9.91. The molecule has 6 heteroatoms. The molecule has 1 aliphatic heterocycles. The number of carbonyl (C=O) groups excluding carboxylic acids is 2. The lowest BCUT2D eigenvalue weighted by molar-refractivity contribution is -0.121. The third-order valence-electron chi connectivity index (χ3n) is 4.45. The van der Waals surface area contributed by atoms with Crippen molar-refractivity contribution >= 4 is 29.1 Å². The predicted octanol–water partition coefficient (Wildman–Crippen LogP) is 3.97. The van der Waals surface area contributed by atoms with Crippen LogP contribution in [-0.2, 0) is 10.5 Å². The van der Waals surface area contributed by atoms with Crippen LogP contribution in [0, 0.1) is 11.3 Å². The standard InChI is InChI=1S/C22H20N2O3S/c1-3-10-24-19-11-18(8-9-20(19)27-13-21(24)25)22(26)15(2)28-14-17-6-4-16(12-23)5-7-17/h3-9,11,15H,1,10,13-14H2,2H3. The average molecular weight is 392 g/mol. The Morgan fingerprint density at radius 3 is 2.79 bits per heavy atom. The summed E-state index contributed by atoms with van der Waals surface area (Å²) in [6.07, 6.45) is 1.65. The minimum atomic E-state index is -0.248. The molecule has 0 aromatic heterocycles. The van der Waals surface area contributed by atoms with Crippen LogP contribution in [0.5, 0.6) is 5.75 Å². The van der Waals surface area contributed by atoms with Gasteiger partial charge < -0.3 is 9.64 Å². The molecule has 3 rings (SSSR count). The average Bonchev–Trinajstić information content (AvgIpc) is 2.73. The number of hydrogen-bond donors (Lipinski definition) is 0. The first kappa shape index (κ1) is 19.7.